The van der Waals surface area contributed by atoms with Gasteiger partial charge in [-0.15, -0.1) is 0 Å². The molecule has 2 aromatic rings. The van der Waals surface area contributed by atoms with Crippen molar-refractivity contribution in [1.29, 1.82) is 0 Å². The summed E-state index contributed by atoms with van der Waals surface area (Å²) in [5.74, 6) is 0.831. The lowest BCUT2D eigenvalue weighted by molar-refractivity contribution is 0.0973. The topological polar surface area (TPSA) is 50.4 Å². The molecule has 0 aliphatic rings. The molecule has 4 nitrogen and oxygen atoms in total. The first-order valence-corrected chi connectivity index (χ1v) is 9.19. The maximum atomic E-state index is 12.6. The van der Waals surface area contributed by atoms with Crippen LogP contribution in [0.2, 0.25) is 0 Å². The predicted octanol–water partition coefficient (Wildman–Crippen LogP) is 4.86. The van der Waals surface area contributed by atoms with Crippen molar-refractivity contribution in [3.05, 3.63) is 59.2 Å². The minimum absolute atomic E-state index is 0.263. The van der Waals surface area contributed by atoms with E-state index in [1.807, 2.05) is 38.1 Å². The molecule has 0 fully saturated rings. The third kappa shape index (κ3) is 5.85. The van der Waals surface area contributed by atoms with Gasteiger partial charge in [-0.05, 0) is 62.2 Å². The van der Waals surface area contributed by atoms with Crippen LogP contribution >= 0.6 is 12.2 Å². The van der Waals surface area contributed by atoms with Gasteiger partial charge < -0.3 is 10.1 Å². The SMILES string of the molecule is Cc1ccc(NC(=S)NC(=O)c2ccccc2OCCC(C)C)c(C)c1. The molecule has 26 heavy (non-hydrogen) atoms. The van der Waals surface area contributed by atoms with Crippen LogP contribution < -0.4 is 15.4 Å². The smallest absolute Gasteiger partial charge is 0.261 e. The summed E-state index contributed by atoms with van der Waals surface area (Å²) in [6.45, 7) is 8.89. The summed E-state index contributed by atoms with van der Waals surface area (Å²) in [6, 6.07) is 13.2. The van der Waals surface area contributed by atoms with E-state index in [0.29, 0.717) is 23.8 Å². The molecule has 0 heterocycles. The van der Waals surface area contributed by atoms with Gasteiger partial charge in [0.15, 0.2) is 5.11 Å². The third-order valence-corrected chi connectivity index (χ3v) is 4.15. The number of anilines is 1. The predicted molar refractivity (Wildman–Crippen MR) is 111 cm³/mol. The number of para-hydroxylation sites is 1. The molecule has 0 aliphatic carbocycles. The average Bonchev–Trinajstić information content (AvgIpc) is 2.57. The molecule has 0 saturated heterocycles. The molecule has 5 heteroatoms. The lowest BCUT2D eigenvalue weighted by Gasteiger charge is -2.14. The number of benzene rings is 2. The number of nitrogens with one attached hydrogen (secondary N) is 2. The second kappa shape index (κ2) is 9.34. The van der Waals surface area contributed by atoms with Gasteiger partial charge in [0.25, 0.3) is 5.91 Å². The molecule has 2 rings (SSSR count). The Morgan fingerprint density at radius 3 is 2.58 bits per heavy atom. The highest BCUT2D eigenvalue weighted by molar-refractivity contribution is 7.80. The number of thiocarbonyl (C=S) groups is 1. The Hall–Kier alpha value is -2.40. The van der Waals surface area contributed by atoms with Crippen molar-refractivity contribution in [3.8, 4) is 5.75 Å². The monoisotopic (exact) mass is 370 g/mol. The Bertz CT molecular complexity index is 787. The van der Waals surface area contributed by atoms with Crippen LogP contribution in [0.15, 0.2) is 42.5 Å². The zero-order valence-electron chi connectivity index (χ0n) is 15.8. The number of carbonyl (C=O) groups is 1. The number of hydrogen-bond acceptors (Lipinski definition) is 3. The fraction of sp³-hybridized carbons (Fsp3) is 0.333. The number of amides is 1. The molecular weight excluding hydrogens is 344 g/mol. The van der Waals surface area contributed by atoms with Gasteiger partial charge >= 0.3 is 0 Å². The molecule has 0 unspecified atom stereocenters. The highest BCUT2D eigenvalue weighted by atomic mass is 32.1. The maximum absolute atomic E-state index is 12.6. The zero-order chi connectivity index (χ0) is 19.1. The van der Waals surface area contributed by atoms with Crippen LogP contribution in [-0.4, -0.2) is 17.6 Å². The van der Waals surface area contributed by atoms with Gasteiger partial charge in [-0.3, -0.25) is 10.1 Å². The van der Waals surface area contributed by atoms with Gasteiger partial charge in [0.05, 0.1) is 12.2 Å². The first-order valence-electron chi connectivity index (χ1n) is 8.78. The Balaban J connectivity index is 2.01. The van der Waals surface area contributed by atoms with E-state index < -0.39 is 0 Å². The first-order chi connectivity index (χ1) is 12.4. The molecule has 0 aromatic heterocycles. The van der Waals surface area contributed by atoms with Crippen molar-refractivity contribution in [2.45, 2.75) is 34.1 Å². The number of ether oxygens (including phenoxy) is 1. The summed E-state index contributed by atoms with van der Waals surface area (Å²) in [5.41, 5.74) is 3.60. The van der Waals surface area contributed by atoms with Crippen molar-refractivity contribution in [2.24, 2.45) is 5.92 Å². The van der Waals surface area contributed by atoms with Crippen LogP contribution in [0.4, 0.5) is 5.69 Å². The van der Waals surface area contributed by atoms with Gasteiger partial charge in [-0.2, -0.15) is 0 Å². The van der Waals surface area contributed by atoms with Crippen LogP contribution in [-0.2, 0) is 0 Å². The lowest BCUT2D eigenvalue weighted by atomic mass is 10.1. The van der Waals surface area contributed by atoms with Gasteiger partial charge in [-0.1, -0.05) is 43.7 Å². The highest BCUT2D eigenvalue weighted by Gasteiger charge is 2.14. The number of hydrogen-bond donors (Lipinski definition) is 2. The molecule has 0 radical (unpaired) electrons. The van der Waals surface area contributed by atoms with Crippen molar-refractivity contribution in [3.63, 3.8) is 0 Å². The molecule has 0 bridgehead atoms. The van der Waals surface area contributed by atoms with E-state index >= 15 is 0 Å². The Morgan fingerprint density at radius 2 is 1.88 bits per heavy atom. The first kappa shape index (κ1) is 19.9. The van der Waals surface area contributed by atoms with Crippen LogP contribution in [0.3, 0.4) is 0 Å². The van der Waals surface area contributed by atoms with Crippen LogP contribution in [0.5, 0.6) is 5.75 Å². The summed E-state index contributed by atoms with van der Waals surface area (Å²) in [6.07, 6.45) is 0.933. The molecule has 0 aliphatic heterocycles. The van der Waals surface area contributed by atoms with Crippen LogP contribution in [0.1, 0.15) is 41.8 Å². The third-order valence-electron chi connectivity index (χ3n) is 3.94. The molecule has 2 aromatic carbocycles. The van der Waals surface area contributed by atoms with E-state index in [0.717, 1.165) is 17.7 Å². The molecule has 0 spiro atoms. The van der Waals surface area contributed by atoms with Crippen molar-refractivity contribution in [1.82, 2.24) is 5.32 Å². The minimum atomic E-state index is -0.285. The normalized spacial score (nSPS) is 10.5. The summed E-state index contributed by atoms with van der Waals surface area (Å²) >= 11 is 5.29. The largest absolute Gasteiger partial charge is 0.493 e. The molecule has 1 amide bonds. The van der Waals surface area contributed by atoms with Gasteiger partial charge in [0.1, 0.15) is 5.75 Å². The molecule has 0 saturated carbocycles. The second-order valence-electron chi connectivity index (χ2n) is 6.75. The zero-order valence-corrected chi connectivity index (χ0v) is 16.6. The Kier molecular flexibility index (Phi) is 7.16. The highest BCUT2D eigenvalue weighted by Crippen LogP contribution is 2.19. The molecule has 0 atom stereocenters. The van der Waals surface area contributed by atoms with E-state index in [4.69, 9.17) is 17.0 Å². The van der Waals surface area contributed by atoms with Gasteiger partial charge in [0.2, 0.25) is 0 Å². The number of carbonyl (C=O) groups excluding carboxylic acids is 1. The maximum Gasteiger partial charge on any atom is 0.261 e. The van der Waals surface area contributed by atoms with E-state index in [1.54, 1.807) is 12.1 Å². The molecule has 138 valence electrons. The Morgan fingerprint density at radius 1 is 1.15 bits per heavy atom. The van der Waals surface area contributed by atoms with E-state index in [9.17, 15) is 4.79 Å². The van der Waals surface area contributed by atoms with Crippen LogP contribution in [0.25, 0.3) is 0 Å². The lowest BCUT2D eigenvalue weighted by Crippen LogP contribution is -2.34. The van der Waals surface area contributed by atoms with E-state index in [1.165, 1.54) is 5.56 Å². The van der Waals surface area contributed by atoms with E-state index in [-0.39, 0.29) is 11.0 Å². The fourth-order valence-corrected chi connectivity index (χ4v) is 2.67. The van der Waals surface area contributed by atoms with Gasteiger partial charge in [-0.25, -0.2) is 0 Å². The standard InChI is InChI=1S/C21H26N2O2S/c1-14(2)11-12-25-19-8-6-5-7-17(19)20(24)23-21(26)22-18-10-9-15(3)13-16(18)4/h5-10,13-14H,11-12H2,1-4H3,(H2,22,23,24,26). The van der Waals surface area contributed by atoms with Crippen LogP contribution in [0, 0.1) is 19.8 Å². The average molecular weight is 371 g/mol. The summed E-state index contributed by atoms with van der Waals surface area (Å²) < 4.78 is 5.78. The summed E-state index contributed by atoms with van der Waals surface area (Å²) in [4.78, 5) is 12.6. The quantitative estimate of drug-likeness (QED) is 0.713. The number of rotatable bonds is 6. The van der Waals surface area contributed by atoms with E-state index in [2.05, 4.69) is 30.5 Å². The molecular formula is C21H26N2O2S. The van der Waals surface area contributed by atoms with Crippen molar-refractivity contribution >= 4 is 28.9 Å². The number of aryl methyl sites for hydroxylation is 2. The Labute approximate surface area is 161 Å². The minimum Gasteiger partial charge on any atom is -0.493 e. The second-order valence-corrected chi connectivity index (χ2v) is 7.16. The summed E-state index contributed by atoms with van der Waals surface area (Å²) in [5, 5.41) is 6.06. The fourth-order valence-electron chi connectivity index (χ4n) is 2.46. The van der Waals surface area contributed by atoms with Crippen molar-refractivity contribution < 1.29 is 9.53 Å². The van der Waals surface area contributed by atoms with Gasteiger partial charge in [0, 0.05) is 5.69 Å². The summed E-state index contributed by atoms with van der Waals surface area (Å²) in [7, 11) is 0. The molecule has 2 N–H and O–H groups in total. The van der Waals surface area contributed by atoms with Crippen molar-refractivity contribution in [2.75, 3.05) is 11.9 Å².